The lowest BCUT2D eigenvalue weighted by atomic mass is 10.3. The molecular formula is C14H10Cl2N4O. The van der Waals surface area contributed by atoms with Crippen LogP contribution in [0.1, 0.15) is 5.69 Å². The number of imidazole rings is 1. The topological polar surface area (TPSA) is 62.2 Å². The molecule has 21 heavy (non-hydrogen) atoms. The molecule has 0 fully saturated rings. The molecule has 0 amide bonds. The number of nitrogens with zero attached hydrogens (tertiary/aromatic N) is 4. The van der Waals surface area contributed by atoms with Crippen LogP contribution in [-0.4, -0.2) is 14.5 Å². The molecule has 2 heterocycles. The largest absolute Gasteiger partial charge is 0.504 e. The first-order valence-corrected chi connectivity index (χ1v) is 6.86. The van der Waals surface area contributed by atoms with Gasteiger partial charge in [-0.1, -0.05) is 29.3 Å². The zero-order valence-corrected chi connectivity index (χ0v) is 12.5. The van der Waals surface area contributed by atoms with E-state index in [0.29, 0.717) is 32.9 Å². The molecule has 3 rings (SSSR count). The van der Waals surface area contributed by atoms with Crippen molar-refractivity contribution >= 4 is 40.4 Å². The zero-order chi connectivity index (χ0) is 15.0. The normalized spacial score (nSPS) is 11.6. The fourth-order valence-corrected chi connectivity index (χ4v) is 2.43. The van der Waals surface area contributed by atoms with Crippen LogP contribution in [0, 0.1) is 6.92 Å². The quantitative estimate of drug-likeness (QED) is 0.670. The average molecular weight is 321 g/mol. The third-order valence-corrected chi connectivity index (χ3v) is 3.56. The Balaban J connectivity index is 2.12. The number of aromatic hydroxyl groups is 1. The average Bonchev–Trinajstić information content (AvgIpc) is 2.76. The van der Waals surface area contributed by atoms with Gasteiger partial charge in [0.1, 0.15) is 5.69 Å². The van der Waals surface area contributed by atoms with Gasteiger partial charge in [-0.15, -0.1) is 10.2 Å². The fourth-order valence-electron chi connectivity index (χ4n) is 1.96. The van der Waals surface area contributed by atoms with E-state index < -0.39 is 0 Å². The molecule has 7 heteroatoms. The number of rotatable bonds is 2. The van der Waals surface area contributed by atoms with Crippen LogP contribution in [0.4, 0.5) is 11.5 Å². The molecule has 0 aliphatic heterocycles. The lowest BCUT2D eigenvalue weighted by Gasteiger charge is -2.00. The predicted octanol–water partition coefficient (Wildman–Crippen LogP) is 5.07. The summed E-state index contributed by atoms with van der Waals surface area (Å²) in [5.74, 6) is 0.592. The summed E-state index contributed by atoms with van der Waals surface area (Å²) in [5.41, 5.74) is 1.47. The smallest absolute Gasteiger partial charge is 0.182 e. The molecule has 0 bridgehead atoms. The first-order valence-electron chi connectivity index (χ1n) is 6.10. The Labute approximate surface area is 130 Å². The number of pyridine rings is 1. The van der Waals surface area contributed by atoms with E-state index in [2.05, 4.69) is 15.2 Å². The fraction of sp³-hybridized carbons (Fsp3) is 0.0714. The van der Waals surface area contributed by atoms with Crippen molar-refractivity contribution < 1.29 is 5.11 Å². The van der Waals surface area contributed by atoms with Gasteiger partial charge in [-0.3, -0.25) is 4.40 Å². The zero-order valence-electron chi connectivity index (χ0n) is 11.0. The number of benzene rings is 1. The Bertz CT molecular complexity index is 837. The minimum absolute atomic E-state index is 0.0813. The molecule has 0 saturated carbocycles. The molecule has 0 aliphatic carbocycles. The Kier molecular flexibility index (Phi) is 3.53. The van der Waals surface area contributed by atoms with Gasteiger partial charge >= 0.3 is 0 Å². The molecule has 5 nitrogen and oxygen atoms in total. The van der Waals surface area contributed by atoms with E-state index >= 15 is 0 Å². The van der Waals surface area contributed by atoms with Crippen LogP contribution in [0.5, 0.6) is 5.75 Å². The summed E-state index contributed by atoms with van der Waals surface area (Å²) >= 11 is 12.1. The highest BCUT2D eigenvalue weighted by Gasteiger charge is 2.11. The lowest BCUT2D eigenvalue weighted by Crippen LogP contribution is -1.82. The summed E-state index contributed by atoms with van der Waals surface area (Å²) in [6, 6.07) is 8.38. The van der Waals surface area contributed by atoms with Gasteiger partial charge in [0.25, 0.3) is 0 Å². The first kappa shape index (κ1) is 13.9. The molecule has 0 saturated heterocycles. The highest BCUT2D eigenvalue weighted by atomic mass is 35.5. The number of aryl methyl sites for hydroxylation is 1. The van der Waals surface area contributed by atoms with Crippen molar-refractivity contribution in [2.75, 3.05) is 0 Å². The summed E-state index contributed by atoms with van der Waals surface area (Å²) in [7, 11) is 0. The molecule has 1 aromatic carbocycles. The van der Waals surface area contributed by atoms with Crippen molar-refractivity contribution in [2.45, 2.75) is 6.92 Å². The Hall–Kier alpha value is -2.11. The molecule has 0 aliphatic rings. The lowest BCUT2D eigenvalue weighted by molar-refractivity contribution is 0.477. The van der Waals surface area contributed by atoms with Crippen LogP contribution >= 0.6 is 23.2 Å². The molecule has 1 N–H and O–H groups in total. The highest BCUT2D eigenvalue weighted by Crippen LogP contribution is 2.34. The monoisotopic (exact) mass is 320 g/mol. The van der Waals surface area contributed by atoms with E-state index in [9.17, 15) is 5.11 Å². The number of hydrogen-bond acceptors (Lipinski definition) is 4. The van der Waals surface area contributed by atoms with Crippen LogP contribution in [0.2, 0.25) is 10.0 Å². The van der Waals surface area contributed by atoms with Gasteiger partial charge in [-0.25, -0.2) is 4.98 Å². The van der Waals surface area contributed by atoms with Crippen molar-refractivity contribution in [3.05, 3.63) is 52.3 Å². The van der Waals surface area contributed by atoms with Crippen molar-refractivity contribution in [1.82, 2.24) is 9.38 Å². The third kappa shape index (κ3) is 2.46. The van der Waals surface area contributed by atoms with E-state index in [-0.39, 0.29) is 5.75 Å². The molecule has 106 valence electrons. The predicted molar refractivity (Wildman–Crippen MR) is 82.2 cm³/mol. The number of azo groups is 1. The summed E-state index contributed by atoms with van der Waals surface area (Å²) in [6.07, 6.45) is 1.75. The minimum atomic E-state index is 0.0813. The van der Waals surface area contributed by atoms with Crippen molar-refractivity contribution in [1.29, 1.82) is 0 Å². The number of fused-ring (bicyclic) bond motifs is 1. The Morgan fingerprint density at radius 3 is 2.52 bits per heavy atom. The highest BCUT2D eigenvalue weighted by molar-refractivity contribution is 6.38. The van der Waals surface area contributed by atoms with Crippen LogP contribution in [0.15, 0.2) is 46.8 Å². The summed E-state index contributed by atoms with van der Waals surface area (Å²) in [4.78, 5) is 4.26. The van der Waals surface area contributed by atoms with E-state index in [4.69, 9.17) is 23.2 Å². The number of aromatic nitrogens is 2. The van der Waals surface area contributed by atoms with Crippen LogP contribution in [0.3, 0.4) is 0 Å². The van der Waals surface area contributed by atoms with Crippen molar-refractivity contribution in [3.8, 4) is 5.75 Å². The van der Waals surface area contributed by atoms with Gasteiger partial charge in [0.15, 0.2) is 17.2 Å². The maximum atomic E-state index is 9.78. The van der Waals surface area contributed by atoms with Gasteiger partial charge in [-0.2, -0.15) is 0 Å². The van der Waals surface area contributed by atoms with E-state index in [1.165, 1.54) is 0 Å². The maximum absolute atomic E-state index is 9.78. The van der Waals surface area contributed by atoms with Gasteiger partial charge in [0.05, 0.1) is 15.7 Å². The number of halogens is 2. The molecule has 0 atom stereocenters. The van der Waals surface area contributed by atoms with Crippen LogP contribution < -0.4 is 0 Å². The molecule has 0 radical (unpaired) electrons. The Morgan fingerprint density at radius 2 is 1.81 bits per heavy atom. The van der Waals surface area contributed by atoms with E-state index in [0.717, 1.165) is 0 Å². The van der Waals surface area contributed by atoms with Gasteiger partial charge in [0, 0.05) is 6.20 Å². The second kappa shape index (κ2) is 5.35. The second-order valence-electron chi connectivity index (χ2n) is 4.38. The van der Waals surface area contributed by atoms with Crippen molar-refractivity contribution in [3.63, 3.8) is 0 Å². The minimum Gasteiger partial charge on any atom is -0.504 e. The van der Waals surface area contributed by atoms with Crippen molar-refractivity contribution in [2.24, 2.45) is 10.2 Å². The first-order chi connectivity index (χ1) is 10.1. The standard InChI is InChI=1S/C14H10Cl2N4O/c1-8-13(20-7-3-6-11(21)14(20)17-8)19-18-12-9(15)4-2-5-10(12)16/h2-7,21H,1H3. The third-order valence-electron chi connectivity index (χ3n) is 2.95. The van der Waals surface area contributed by atoms with Crippen LogP contribution in [0.25, 0.3) is 5.65 Å². The molecule has 3 aromatic rings. The maximum Gasteiger partial charge on any atom is 0.182 e. The van der Waals surface area contributed by atoms with E-state index in [1.54, 1.807) is 47.9 Å². The van der Waals surface area contributed by atoms with Crippen LogP contribution in [-0.2, 0) is 0 Å². The van der Waals surface area contributed by atoms with Gasteiger partial charge in [-0.05, 0) is 31.2 Å². The van der Waals surface area contributed by atoms with Gasteiger partial charge in [0.2, 0.25) is 0 Å². The van der Waals surface area contributed by atoms with Gasteiger partial charge < -0.3 is 5.11 Å². The second-order valence-corrected chi connectivity index (χ2v) is 5.19. The summed E-state index contributed by atoms with van der Waals surface area (Å²) in [6.45, 7) is 1.79. The molecule has 0 unspecified atom stereocenters. The number of hydrogen-bond donors (Lipinski definition) is 1. The molecule has 0 spiro atoms. The Morgan fingerprint density at radius 1 is 1.10 bits per heavy atom. The molecule has 2 aromatic heterocycles. The van der Waals surface area contributed by atoms with E-state index in [1.807, 2.05) is 0 Å². The summed E-state index contributed by atoms with van der Waals surface area (Å²) < 4.78 is 1.65. The molecular weight excluding hydrogens is 311 g/mol. The summed E-state index contributed by atoms with van der Waals surface area (Å²) in [5, 5.41) is 18.9. The SMILES string of the molecule is Cc1nc2c(O)cccn2c1N=Nc1c(Cl)cccc1Cl.